The minimum Gasteiger partial charge on any atom is -0.474 e. The lowest BCUT2D eigenvalue weighted by Gasteiger charge is -2.12. The smallest absolute Gasteiger partial charge is 0.272 e. The van der Waals surface area contributed by atoms with Crippen molar-refractivity contribution >= 4 is 5.91 Å². The van der Waals surface area contributed by atoms with Crippen LogP contribution in [-0.4, -0.2) is 27.2 Å². The van der Waals surface area contributed by atoms with Crippen molar-refractivity contribution in [3.8, 4) is 5.88 Å². The summed E-state index contributed by atoms with van der Waals surface area (Å²) in [7, 11) is 0. The lowest BCUT2D eigenvalue weighted by molar-refractivity contribution is 0.0945. The van der Waals surface area contributed by atoms with Crippen molar-refractivity contribution in [2.24, 2.45) is 5.92 Å². The summed E-state index contributed by atoms with van der Waals surface area (Å²) < 4.78 is 5.91. The van der Waals surface area contributed by atoms with E-state index in [9.17, 15) is 4.79 Å². The van der Waals surface area contributed by atoms with Gasteiger partial charge < -0.3 is 10.1 Å². The van der Waals surface area contributed by atoms with Gasteiger partial charge in [-0.05, 0) is 55.7 Å². The number of amides is 1. The fourth-order valence-corrected chi connectivity index (χ4v) is 3.10. The van der Waals surface area contributed by atoms with Crippen molar-refractivity contribution in [2.45, 2.75) is 58.6 Å². The molecule has 0 aliphatic heterocycles. The highest BCUT2D eigenvalue weighted by Crippen LogP contribution is 2.23. The molecule has 25 heavy (non-hydrogen) atoms. The van der Waals surface area contributed by atoms with E-state index < -0.39 is 0 Å². The Morgan fingerprint density at radius 2 is 2.16 bits per heavy atom. The second-order valence-corrected chi connectivity index (χ2v) is 7.09. The van der Waals surface area contributed by atoms with Crippen molar-refractivity contribution < 1.29 is 9.53 Å². The third-order valence-electron chi connectivity index (χ3n) is 4.33. The van der Waals surface area contributed by atoms with Crippen LogP contribution in [0.5, 0.6) is 5.88 Å². The van der Waals surface area contributed by atoms with E-state index in [-0.39, 0.29) is 12.0 Å². The number of hydrogen-bond acceptors (Lipinski definition) is 4. The fraction of sp³-hybridized carbons (Fsp3) is 0.526. The summed E-state index contributed by atoms with van der Waals surface area (Å²) in [5, 5.41) is 9.92. The molecule has 1 aliphatic rings. The molecule has 3 rings (SSSR count). The zero-order chi connectivity index (χ0) is 17.6. The summed E-state index contributed by atoms with van der Waals surface area (Å²) in [5.74, 6) is 0.977. The summed E-state index contributed by atoms with van der Waals surface area (Å²) in [5.41, 5.74) is 2.37. The van der Waals surface area contributed by atoms with Gasteiger partial charge in [-0.2, -0.15) is 5.10 Å². The van der Waals surface area contributed by atoms with E-state index in [0.717, 1.165) is 30.5 Å². The Balaban J connectivity index is 1.53. The lowest BCUT2D eigenvalue weighted by Crippen LogP contribution is -2.23. The van der Waals surface area contributed by atoms with Crippen LogP contribution in [0, 0.1) is 5.92 Å². The molecule has 2 aromatic heterocycles. The van der Waals surface area contributed by atoms with Gasteiger partial charge in [0.15, 0.2) is 0 Å². The quantitative estimate of drug-likeness (QED) is 0.809. The molecule has 0 aromatic carbocycles. The Labute approximate surface area is 148 Å². The predicted molar refractivity (Wildman–Crippen MR) is 95.4 cm³/mol. The summed E-state index contributed by atoms with van der Waals surface area (Å²) in [6.45, 7) is 4.69. The molecule has 1 fully saturated rings. The Bertz CT molecular complexity index is 705. The van der Waals surface area contributed by atoms with Crippen LogP contribution in [0.25, 0.3) is 0 Å². The van der Waals surface area contributed by atoms with E-state index in [1.54, 1.807) is 6.20 Å². The summed E-state index contributed by atoms with van der Waals surface area (Å²) in [6.07, 6.45) is 7.53. The van der Waals surface area contributed by atoms with E-state index in [1.807, 2.05) is 18.2 Å². The summed E-state index contributed by atoms with van der Waals surface area (Å²) >= 11 is 0. The third-order valence-corrected chi connectivity index (χ3v) is 4.33. The van der Waals surface area contributed by atoms with Crippen LogP contribution >= 0.6 is 0 Å². The van der Waals surface area contributed by atoms with Crippen LogP contribution in [0.3, 0.4) is 0 Å². The second kappa shape index (κ2) is 8.14. The molecular weight excluding hydrogens is 316 g/mol. The minimum absolute atomic E-state index is 0.179. The number of H-pyrrole nitrogens is 1. The summed E-state index contributed by atoms with van der Waals surface area (Å²) in [6, 6.07) is 5.60. The number of aromatic amines is 1. The molecule has 1 amide bonds. The van der Waals surface area contributed by atoms with Crippen molar-refractivity contribution in [2.75, 3.05) is 0 Å². The highest BCUT2D eigenvalue weighted by molar-refractivity contribution is 5.92. The maximum atomic E-state index is 12.2. The zero-order valence-electron chi connectivity index (χ0n) is 14.9. The fourth-order valence-electron chi connectivity index (χ4n) is 3.10. The molecule has 1 aliphatic carbocycles. The minimum atomic E-state index is -0.179. The number of carbonyl (C=O) groups excluding carboxylic acids is 1. The van der Waals surface area contributed by atoms with E-state index >= 15 is 0 Å². The van der Waals surface area contributed by atoms with Gasteiger partial charge in [-0.1, -0.05) is 13.8 Å². The van der Waals surface area contributed by atoms with Gasteiger partial charge in [0.2, 0.25) is 5.88 Å². The molecule has 2 aromatic rings. The van der Waals surface area contributed by atoms with E-state index in [1.165, 1.54) is 12.8 Å². The number of carbonyl (C=O) groups is 1. The molecule has 0 atom stereocenters. The highest BCUT2D eigenvalue weighted by Gasteiger charge is 2.17. The van der Waals surface area contributed by atoms with Gasteiger partial charge >= 0.3 is 0 Å². The first-order chi connectivity index (χ1) is 12.1. The SMILES string of the molecule is CC(C)Cc1cc(C(=O)NCc2ccnc(OC3CCCC3)c2)n[nH]1. The standard InChI is InChI=1S/C19H26N4O2/c1-13(2)9-15-11-17(23-22-15)19(24)21-12-14-7-8-20-18(10-14)25-16-5-3-4-6-16/h7-8,10-11,13,16H,3-6,9,12H2,1-2H3,(H,21,24)(H,22,23). The first kappa shape index (κ1) is 17.5. The van der Waals surface area contributed by atoms with Crippen molar-refractivity contribution in [3.05, 3.63) is 41.3 Å². The lowest BCUT2D eigenvalue weighted by atomic mass is 10.1. The number of hydrogen-bond donors (Lipinski definition) is 2. The number of ether oxygens (including phenoxy) is 1. The molecule has 0 spiro atoms. The van der Waals surface area contributed by atoms with E-state index in [4.69, 9.17) is 4.74 Å². The van der Waals surface area contributed by atoms with Gasteiger partial charge in [0.1, 0.15) is 11.8 Å². The van der Waals surface area contributed by atoms with Gasteiger partial charge in [0.25, 0.3) is 5.91 Å². The maximum absolute atomic E-state index is 12.2. The average Bonchev–Trinajstić information content (AvgIpc) is 3.24. The second-order valence-electron chi connectivity index (χ2n) is 7.09. The third kappa shape index (κ3) is 5.05. The van der Waals surface area contributed by atoms with E-state index in [0.29, 0.717) is 24.0 Å². The first-order valence-electron chi connectivity index (χ1n) is 9.04. The number of rotatable bonds is 7. The molecule has 0 saturated heterocycles. The Morgan fingerprint density at radius 1 is 1.36 bits per heavy atom. The molecule has 0 radical (unpaired) electrons. The van der Waals surface area contributed by atoms with Crippen LogP contribution in [-0.2, 0) is 13.0 Å². The number of nitrogens with one attached hydrogen (secondary N) is 2. The zero-order valence-corrected chi connectivity index (χ0v) is 14.9. The molecule has 2 heterocycles. The van der Waals surface area contributed by atoms with Gasteiger partial charge in [0.05, 0.1) is 0 Å². The largest absolute Gasteiger partial charge is 0.474 e. The van der Waals surface area contributed by atoms with Crippen molar-refractivity contribution in [1.82, 2.24) is 20.5 Å². The van der Waals surface area contributed by atoms with Crippen LogP contribution in [0.2, 0.25) is 0 Å². The summed E-state index contributed by atoms with van der Waals surface area (Å²) in [4.78, 5) is 16.5. The molecule has 6 nitrogen and oxygen atoms in total. The molecule has 6 heteroatoms. The van der Waals surface area contributed by atoms with Crippen LogP contribution in [0.1, 0.15) is 61.3 Å². The van der Waals surface area contributed by atoms with Crippen molar-refractivity contribution in [1.29, 1.82) is 0 Å². The van der Waals surface area contributed by atoms with Crippen LogP contribution in [0.15, 0.2) is 24.4 Å². The topological polar surface area (TPSA) is 79.9 Å². The maximum Gasteiger partial charge on any atom is 0.272 e. The Kier molecular flexibility index (Phi) is 5.68. The molecule has 134 valence electrons. The van der Waals surface area contributed by atoms with Gasteiger partial charge in [0, 0.05) is 24.5 Å². The Morgan fingerprint density at radius 3 is 2.92 bits per heavy atom. The van der Waals surface area contributed by atoms with E-state index in [2.05, 4.69) is 34.3 Å². The number of nitrogens with zero attached hydrogens (tertiary/aromatic N) is 2. The molecule has 1 saturated carbocycles. The van der Waals surface area contributed by atoms with Crippen LogP contribution in [0.4, 0.5) is 0 Å². The average molecular weight is 342 g/mol. The first-order valence-corrected chi connectivity index (χ1v) is 9.04. The van der Waals surface area contributed by atoms with Gasteiger partial charge in [-0.25, -0.2) is 4.98 Å². The number of aromatic nitrogens is 3. The molecule has 2 N–H and O–H groups in total. The predicted octanol–water partition coefficient (Wildman–Crippen LogP) is 3.25. The molecule has 0 bridgehead atoms. The van der Waals surface area contributed by atoms with Crippen molar-refractivity contribution in [3.63, 3.8) is 0 Å². The number of pyridine rings is 1. The highest BCUT2D eigenvalue weighted by atomic mass is 16.5. The monoisotopic (exact) mass is 342 g/mol. The molecule has 0 unspecified atom stereocenters. The Hall–Kier alpha value is -2.37. The molecular formula is C19H26N4O2. The normalized spacial score (nSPS) is 14.8. The van der Waals surface area contributed by atoms with Gasteiger partial charge in [-0.3, -0.25) is 9.89 Å². The van der Waals surface area contributed by atoms with Gasteiger partial charge in [-0.15, -0.1) is 0 Å². The van der Waals surface area contributed by atoms with Crippen LogP contribution < -0.4 is 10.1 Å².